The number of hydrogen-bond donors (Lipinski definition) is 1. The van der Waals surface area contributed by atoms with Crippen molar-refractivity contribution in [1.29, 1.82) is 0 Å². The Morgan fingerprint density at radius 3 is 2.72 bits per heavy atom. The van der Waals surface area contributed by atoms with Crippen LogP contribution in [-0.4, -0.2) is 49.1 Å². The van der Waals surface area contributed by atoms with Crippen molar-refractivity contribution in [1.82, 2.24) is 9.88 Å². The SMILES string of the molecule is CCN(CC)CCNc1nc(Cl)c(C(=O)OC)s1. The van der Waals surface area contributed by atoms with Gasteiger partial charge in [0.1, 0.15) is 0 Å². The fourth-order valence-electron chi connectivity index (χ4n) is 1.46. The topological polar surface area (TPSA) is 54.5 Å². The van der Waals surface area contributed by atoms with Crippen LogP contribution in [0.5, 0.6) is 0 Å². The molecule has 0 saturated heterocycles. The third-order valence-corrected chi connectivity index (χ3v) is 3.93. The molecule has 0 bridgehead atoms. The van der Waals surface area contributed by atoms with E-state index in [1.807, 2.05) is 0 Å². The largest absolute Gasteiger partial charge is 0.465 e. The number of thiazole rings is 1. The third-order valence-electron chi connectivity index (χ3n) is 2.56. The van der Waals surface area contributed by atoms with E-state index in [1.54, 1.807) is 0 Å². The van der Waals surface area contributed by atoms with Crippen molar-refractivity contribution < 1.29 is 9.53 Å². The Bertz CT molecular complexity index is 394. The summed E-state index contributed by atoms with van der Waals surface area (Å²) >= 11 is 7.07. The maximum absolute atomic E-state index is 11.4. The van der Waals surface area contributed by atoms with Crippen LogP contribution in [0.4, 0.5) is 5.13 Å². The molecule has 0 aliphatic heterocycles. The molecule has 18 heavy (non-hydrogen) atoms. The molecular weight excluding hydrogens is 274 g/mol. The van der Waals surface area contributed by atoms with Gasteiger partial charge in [0.25, 0.3) is 0 Å². The van der Waals surface area contributed by atoms with Gasteiger partial charge >= 0.3 is 5.97 Å². The first-order valence-corrected chi connectivity index (χ1v) is 7.02. The minimum Gasteiger partial charge on any atom is -0.465 e. The van der Waals surface area contributed by atoms with E-state index in [2.05, 4.69) is 33.8 Å². The van der Waals surface area contributed by atoms with Crippen LogP contribution in [0.2, 0.25) is 5.15 Å². The van der Waals surface area contributed by atoms with Gasteiger partial charge < -0.3 is 15.0 Å². The zero-order valence-corrected chi connectivity index (χ0v) is 12.4. The molecule has 1 aromatic rings. The average Bonchev–Trinajstić information content (AvgIpc) is 2.75. The van der Waals surface area contributed by atoms with Crippen LogP contribution in [0, 0.1) is 0 Å². The van der Waals surface area contributed by atoms with Gasteiger partial charge in [-0.15, -0.1) is 0 Å². The van der Waals surface area contributed by atoms with Crippen molar-refractivity contribution in [3.8, 4) is 0 Å². The summed E-state index contributed by atoms with van der Waals surface area (Å²) < 4.78 is 4.62. The molecule has 0 aliphatic carbocycles. The molecule has 102 valence electrons. The van der Waals surface area contributed by atoms with Crippen molar-refractivity contribution >= 4 is 34.0 Å². The number of methoxy groups -OCH3 is 1. The highest BCUT2D eigenvalue weighted by Gasteiger charge is 2.16. The van der Waals surface area contributed by atoms with Crippen LogP contribution in [0.3, 0.4) is 0 Å². The predicted octanol–water partition coefficient (Wildman–Crippen LogP) is 2.34. The molecule has 0 spiro atoms. The molecule has 0 radical (unpaired) electrons. The number of nitrogens with zero attached hydrogens (tertiary/aromatic N) is 2. The molecule has 0 saturated carbocycles. The lowest BCUT2D eigenvalue weighted by molar-refractivity contribution is 0.0606. The van der Waals surface area contributed by atoms with Gasteiger partial charge in [-0.05, 0) is 13.1 Å². The monoisotopic (exact) mass is 291 g/mol. The summed E-state index contributed by atoms with van der Waals surface area (Å²) in [7, 11) is 1.33. The van der Waals surface area contributed by atoms with E-state index in [0.29, 0.717) is 10.0 Å². The number of rotatable bonds is 7. The molecule has 0 aromatic carbocycles. The Kier molecular flexibility index (Phi) is 6.38. The summed E-state index contributed by atoms with van der Waals surface area (Å²) in [5.41, 5.74) is 0. The Labute approximate surface area is 116 Å². The van der Waals surface area contributed by atoms with Crippen molar-refractivity contribution in [3.63, 3.8) is 0 Å². The Morgan fingerprint density at radius 2 is 2.17 bits per heavy atom. The summed E-state index contributed by atoms with van der Waals surface area (Å²) in [6, 6.07) is 0. The molecule has 0 aliphatic rings. The first-order chi connectivity index (χ1) is 8.62. The van der Waals surface area contributed by atoms with E-state index >= 15 is 0 Å². The Balaban J connectivity index is 2.51. The second-order valence-corrected chi connectivity index (χ2v) is 4.94. The molecule has 0 fully saturated rings. The van der Waals surface area contributed by atoms with Crippen molar-refractivity contribution in [2.45, 2.75) is 13.8 Å². The zero-order chi connectivity index (χ0) is 13.5. The fraction of sp³-hybridized carbons (Fsp3) is 0.636. The fourth-order valence-corrected chi connectivity index (χ4v) is 2.59. The van der Waals surface area contributed by atoms with Gasteiger partial charge in [-0.3, -0.25) is 0 Å². The number of carbonyl (C=O) groups excluding carboxylic acids is 1. The highest BCUT2D eigenvalue weighted by atomic mass is 35.5. The van der Waals surface area contributed by atoms with Gasteiger partial charge in [-0.1, -0.05) is 36.8 Å². The zero-order valence-electron chi connectivity index (χ0n) is 10.8. The van der Waals surface area contributed by atoms with Crippen LogP contribution in [0.1, 0.15) is 23.5 Å². The molecule has 0 amide bonds. The van der Waals surface area contributed by atoms with Gasteiger partial charge in [0.2, 0.25) is 0 Å². The minimum absolute atomic E-state index is 0.192. The maximum atomic E-state index is 11.4. The second-order valence-electron chi connectivity index (χ2n) is 3.58. The van der Waals surface area contributed by atoms with Crippen LogP contribution in [-0.2, 0) is 4.74 Å². The van der Waals surface area contributed by atoms with Gasteiger partial charge in [-0.2, -0.15) is 0 Å². The van der Waals surface area contributed by atoms with Gasteiger partial charge in [-0.25, -0.2) is 9.78 Å². The minimum atomic E-state index is -0.450. The number of carbonyl (C=O) groups is 1. The summed E-state index contributed by atoms with van der Waals surface area (Å²) in [4.78, 5) is 18.1. The number of hydrogen-bond acceptors (Lipinski definition) is 6. The predicted molar refractivity (Wildman–Crippen MR) is 74.7 cm³/mol. The molecule has 1 aromatic heterocycles. The van der Waals surface area contributed by atoms with Gasteiger partial charge in [0.15, 0.2) is 15.2 Å². The molecule has 0 unspecified atom stereocenters. The number of likely N-dealkylation sites (N-methyl/N-ethyl adjacent to an activating group) is 1. The summed E-state index contributed by atoms with van der Waals surface area (Å²) in [6.07, 6.45) is 0. The number of aromatic nitrogens is 1. The Morgan fingerprint density at radius 1 is 1.50 bits per heavy atom. The van der Waals surface area contributed by atoms with Crippen LogP contribution < -0.4 is 5.32 Å². The second kappa shape index (κ2) is 7.56. The van der Waals surface area contributed by atoms with Gasteiger partial charge in [0.05, 0.1) is 7.11 Å². The lowest BCUT2D eigenvalue weighted by Crippen LogP contribution is -2.28. The maximum Gasteiger partial charge on any atom is 0.351 e. The standard InChI is InChI=1S/C11H18ClN3O2S/c1-4-15(5-2)7-6-13-11-14-9(12)8(18-11)10(16)17-3/h4-7H2,1-3H3,(H,13,14). The highest BCUT2D eigenvalue weighted by molar-refractivity contribution is 7.18. The summed E-state index contributed by atoms with van der Waals surface area (Å²) in [6.45, 7) is 7.98. The van der Waals surface area contributed by atoms with Crippen molar-refractivity contribution in [2.75, 3.05) is 38.6 Å². The van der Waals surface area contributed by atoms with E-state index in [4.69, 9.17) is 11.6 Å². The van der Waals surface area contributed by atoms with Crippen molar-refractivity contribution in [2.24, 2.45) is 0 Å². The molecular formula is C11H18ClN3O2S. The van der Waals surface area contributed by atoms with Crippen LogP contribution in [0.15, 0.2) is 0 Å². The van der Waals surface area contributed by atoms with E-state index in [0.717, 1.165) is 26.2 Å². The van der Waals surface area contributed by atoms with Gasteiger partial charge in [0, 0.05) is 13.1 Å². The van der Waals surface area contributed by atoms with E-state index in [-0.39, 0.29) is 5.15 Å². The lowest BCUT2D eigenvalue weighted by atomic mass is 10.5. The van der Waals surface area contributed by atoms with Crippen molar-refractivity contribution in [3.05, 3.63) is 10.0 Å². The van der Waals surface area contributed by atoms with Crippen LogP contribution in [0.25, 0.3) is 0 Å². The number of ether oxygens (including phenoxy) is 1. The van der Waals surface area contributed by atoms with E-state index < -0.39 is 5.97 Å². The lowest BCUT2D eigenvalue weighted by Gasteiger charge is -2.17. The number of esters is 1. The number of nitrogens with one attached hydrogen (secondary N) is 1. The summed E-state index contributed by atoms with van der Waals surface area (Å²) in [5.74, 6) is -0.450. The molecule has 1 heterocycles. The Hall–Kier alpha value is -0.850. The first-order valence-electron chi connectivity index (χ1n) is 5.83. The molecule has 7 heteroatoms. The third kappa shape index (κ3) is 4.12. The normalized spacial score (nSPS) is 10.7. The molecule has 0 atom stereocenters. The molecule has 5 nitrogen and oxygen atoms in total. The molecule has 1 N–H and O–H groups in total. The van der Waals surface area contributed by atoms with Crippen LogP contribution >= 0.6 is 22.9 Å². The smallest absolute Gasteiger partial charge is 0.351 e. The highest BCUT2D eigenvalue weighted by Crippen LogP contribution is 2.27. The number of halogens is 1. The molecule has 1 rings (SSSR count). The summed E-state index contributed by atoms with van der Waals surface area (Å²) in [5, 5.41) is 4.00. The quantitative estimate of drug-likeness (QED) is 0.782. The van der Waals surface area contributed by atoms with E-state index in [9.17, 15) is 4.79 Å². The first kappa shape index (κ1) is 15.2. The average molecular weight is 292 g/mol. The van der Waals surface area contributed by atoms with E-state index in [1.165, 1.54) is 18.4 Å². The number of anilines is 1.